The van der Waals surface area contributed by atoms with E-state index in [2.05, 4.69) is 4.98 Å². The molecule has 1 fully saturated rings. The smallest absolute Gasteiger partial charge is 0.126 e. The highest BCUT2D eigenvalue weighted by molar-refractivity contribution is 7.16. The molecule has 2 N–H and O–H groups in total. The third-order valence-corrected chi connectivity index (χ3v) is 4.87. The SMILES string of the molecule is Cc1ccc(-c2nc(C3CCCC3)sc2N)cc1F. The number of anilines is 1. The van der Waals surface area contributed by atoms with E-state index >= 15 is 0 Å². The molecular formula is C15H17FN2S. The van der Waals surface area contributed by atoms with Gasteiger partial charge in [-0.2, -0.15) is 0 Å². The molecular weight excluding hydrogens is 259 g/mol. The highest BCUT2D eigenvalue weighted by Crippen LogP contribution is 2.40. The number of rotatable bonds is 2. The van der Waals surface area contributed by atoms with E-state index in [1.807, 2.05) is 6.07 Å². The van der Waals surface area contributed by atoms with Crippen molar-refractivity contribution in [3.63, 3.8) is 0 Å². The molecule has 0 unspecified atom stereocenters. The Hall–Kier alpha value is -1.42. The van der Waals surface area contributed by atoms with E-state index in [9.17, 15) is 4.39 Å². The number of aromatic nitrogens is 1. The number of nitrogen functional groups attached to an aromatic ring is 1. The second kappa shape index (κ2) is 4.93. The van der Waals surface area contributed by atoms with Crippen LogP contribution in [0.3, 0.4) is 0 Å². The Morgan fingerprint density at radius 2 is 2.05 bits per heavy atom. The molecule has 1 aliphatic carbocycles. The summed E-state index contributed by atoms with van der Waals surface area (Å²) in [7, 11) is 0. The minimum absolute atomic E-state index is 0.202. The van der Waals surface area contributed by atoms with Crippen molar-refractivity contribution in [2.75, 3.05) is 5.73 Å². The van der Waals surface area contributed by atoms with Crippen molar-refractivity contribution in [3.8, 4) is 11.3 Å². The van der Waals surface area contributed by atoms with Crippen molar-refractivity contribution in [2.24, 2.45) is 0 Å². The topological polar surface area (TPSA) is 38.9 Å². The summed E-state index contributed by atoms with van der Waals surface area (Å²) in [6, 6.07) is 5.19. The van der Waals surface area contributed by atoms with Crippen molar-refractivity contribution in [3.05, 3.63) is 34.6 Å². The predicted molar refractivity (Wildman–Crippen MR) is 77.9 cm³/mol. The van der Waals surface area contributed by atoms with Crippen LogP contribution in [-0.2, 0) is 0 Å². The van der Waals surface area contributed by atoms with Gasteiger partial charge in [0.15, 0.2) is 0 Å². The van der Waals surface area contributed by atoms with Gasteiger partial charge in [0.05, 0.1) is 5.01 Å². The van der Waals surface area contributed by atoms with Crippen LogP contribution in [0.2, 0.25) is 0 Å². The van der Waals surface area contributed by atoms with Crippen molar-refractivity contribution in [2.45, 2.75) is 38.5 Å². The van der Waals surface area contributed by atoms with E-state index in [0.717, 1.165) is 16.3 Å². The summed E-state index contributed by atoms with van der Waals surface area (Å²) in [4.78, 5) is 4.66. The first-order valence-corrected chi connectivity index (χ1v) is 7.49. The minimum Gasteiger partial charge on any atom is -0.389 e. The van der Waals surface area contributed by atoms with Crippen molar-refractivity contribution >= 4 is 16.3 Å². The fraction of sp³-hybridized carbons (Fsp3) is 0.400. The number of benzene rings is 1. The summed E-state index contributed by atoms with van der Waals surface area (Å²) in [5, 5.41) is 1.82. The number of aryl methyl sites for hydroxylation is 1. The van der Waals surface area contributed by atoms with E-state index in [0.29, 0.717) is 16.5 Å². The molecule has 0 saturated heterocycles. The molecule has 1 heterocycles. The van der Waals surface area contributed by atoms with Gasteiger partial charge in [-0.25, -0.2) is 9.37 Å². The van der Waals surface area contributed by atoms with Crippen LogP contribution in [0.1, 0.15) is 42.2 Å². The lowest BCUT2D eigenvalue weighted by molar-refractivity contribution is 0.619. The molecule has 4 heteroatoms. The number of hydrogen-bond donors (Lipinski definition) is 1. The molecule has 19 heavy (non-hydrogen) atoms. The zero-order valence-corrected chi connectivity index (χ0v) is 11.8. The second-order valence-electron chi connectivity index (χ2n) is 5.21. The first-order valence-electron chi connectivity index (χ1n) is 6.68. The summed E-state index contributed by atoms with van der Waals surface area (Å²) in [5.74, 6) is 0.351. The third kappa shape index (κ3) is 2.37. The molecule has 3 rings (SSSR count). The zero-order chi connectivity index (χ0) is 13.4. The average molecular weight is 276 g/mol. The maximum atomic E-state index is 13.6. The first kappa shape index (κ1) is 12.6. The Bertz CT molecular complexity index is 600. The Morgan fingerprint density at radius 3 is 2.74 bits per heavy atom. The van der Waals surface area contributed by atoms with Gasteiger partial charge in [-0.05, 0) is 31.4 Å². The van der Waals surface area contributed by atoms with Gasteiger partial charge in [-0.1, -0.05) is 25.0 Å². The van der Waals surface area contributed by atoms with Crippen LogP contribution < -0.4 is 5.73 Å². The molecule has 0 atom stereocenters. The summed E-state index contributed by atoms with van der Waals surface area (Å²) >= 11 is 1.56. The summed E-state index contributed by atoms with van der Waals surface area (Å²) in [6.45, 7) is 1.76. The normalized spacial score (nSPS) is 16.1. The van der Waals surface area contributed by atoms with Crippen LogP contribution >= 0.6 is 11.3 Å². The van der Waals surface area contributed by atoms with Gasteiger partial charge in [0, 0.05) is 11.5 Å². The molecule has 1 aromatic heterocycles. The predicted octanol–water partition coefficient (Wildman–Crippen LogP) is 4.50. The van der Waals surface area contributed by atoms with Crippen LogP contribution in [0.5, 0.6) is 0 Å². The number of thiazole rings is 1. The summed E-state index contributed by atoms with van der Waals surface area (Å²) in [6.07, 6.45) is 4.96. The van der Waals surface area contributed by atoms with Crippen LogP contribution in [-0.4, -0.2) is 4.98 Å². The van der Waals surface area contributed by atoms with E-state index in [1.54, 1.807) is 24.3 Å². The quantitative estimate of drug-likeness (QED) is 0.877. The lowest BCUT2D eigenvalue weighted by Crippen LogP contribution is -1.92. The first-order chi connectivity index (χ1) is 9.15. The molecule has 2 aromatic rings. The zero-order valence-electron chi connectivity index (χ0n) is 10.9. The molecule has 0 bridgehead atoms. The van der Waals surface area contributed by atoms with Crippen LogP contribution in [0.15, 0.2) is 18.2 Å². The number of nitrogens with zero attached hydrogens (tertiary/aromatic N) is 1. The highest BCUT2D eigenvalue weighted by Gasteiger charge is 2.22. The van der Waals surface area contributed by atoms with Crippen molar-refractivity contribution < 1.29 is 4.39 Å². The fourth-order valence-electron chi connectivity index (χ4n) is 2.64. The van der Waals surface area contributed by atoms with Crippen molar-refractivity contribution in [1.82, 2.24) is 4.98 Å². The van der Waals surface area contributed by atoms with Crippen LogP contribution in [0.25, 0.3) is 11.3 Å². The lowest BCUT2D eigenvalue weighted by atomic mass is 10.1. The maximum Gasteiger partial charge on any atom is 0.126 e. The van der Waals surface area contributed by atoms with Crippen LogP contribution in [0.4, 0.5) is 9.39 Å². The molecule has 0 spiro atoms. The number of halogens is 1. The Morgan fingerprint density at radius 1 is 1.32 bits per heavy atom. The molecule has 1 aliphatic rings. The van der Waals surface area contributed by atoms with E-state index in [-0.39, 0.29) is 5.82 Å². The van der Waals surface area contributed by atoms with E-state index in [4.69, 9.17) is 5.73 Å². The van der Waals surface area contributed by atoms with Gasteiger partial charge in [0.2, 0.25) is 0 Å². The standard InChI is InChI=1S/C15H17FN2S/c1-9-6-7-11(8-12(9)16)13-14(17)19-15(18-13)10-4-2-3-5-10/h6-8,10H,2-5,17H2,1H3. The Balaban J connectivity index is 1.97. The van der Waals surface area contributed by atoms with Gasteiger partial charge < -0.3 is 5.73 Å². The molecule has 0 aliphatic heterocycles. The maximum absolute atomic E-state index is 13.6. The Kier molecular flexibility index (Phi) is 3.27. The highest BCUT2D eigenvalue weighted by atomic mass is 32.1. The van der Waals surface area contributed by atoms with Gasteiger partial charge in [0.1, 0.15) is 16.5 Å². The third-order valence-electron chi connectivity index (χ3n) is 3.82. The number of hydrogen-bond acceptors (Lipinski definition) is 3. The van der Waals surface area contributed by atoms with E-state index in [1.165, 1.54) is 31.7 Å². The van der Waals surface area contributed by atoms with Crippen LogP contribution in [0, 0.1) is 12.7 Å². The largest absolute Gasteiger partial charge is 0.389 e. The monoisotopic (exact) mass is 276 g/mol. The van der Waals surface area contributed by atoms with Gasteiger partial charge in [-0.3, -0.25) is 0 Å². The molecule has 0 radical (unpaired) electrons. The molecule has 2 nitrogen and oxygen atoms in total. The van der Waals surface area contributed by atoms with Gasteiger partial charge in [0.25, 0.3) is 0 Å². The second-order valence-corrected chi connectivity index (χ2v) is 6.27. The summed E-state index contributed by atoms with van der Waals surface area (Å²) < 4.78 is 13.6. The average Bonchev–Trinajstić information content (AvgIpc) is 3.01. The van der Waals surface area contributed by atoms with Gasteiger partial charge in [-0.15, -0.1) is 11.3 Å². The molecule has 0 amide bonds. The molecule has 1 saturated carbocycles. The minimum atomic E-state index is -0.202. The Labute approximate surface area is 116 Å². The molecule has 1 aromatic carbocycles. The van der Waals surface area contributed by atoms with Gasteiger partial charge >= 0.3 is 0 Å². The summed E-state index contributed by atoms with van der Waals surface area (Å²) in [5.41, 5.74) is 8.23. The van der Waals surface area contributed by atoms with Crippen molar-refractivity contribution in [1.29, 1.82) is 0 Å². The lowest BCUT2D eigenvalue weighted by Gasteiger charge is -2.03. The molecule has 100 valence electrons. The number of nitrogens with two attached hydrogens (primary N) is 1. The fourth-order valence-corrected chi connectivity index (χ4v) is 3.67. The van der Waals surface area contributed by atoms with E-state index < -0.39 is 0 Å².